The molecule has 0 aromatic carbocycles. The minimum Gasteiger partial charge on any atom is -0.465 e. The van der Waals surface area contributed by atoms with Crippen molar-refractivity contribution >= 4 is 17.8 Å². The number of pyridine rings is 1. The Kier molecular flexibility index (Phi) is 6.15. The fraction of sp³-hybridized carbons (Fsp3) is 0.533. The first-order chi connectivity index (χ1) is 10.2. The molecule has 7 heteroatoms. The molecule has 0 unspecified atom stereocenters. The molecule has 0 spiro atoms. The van der Waals surface area contributed by atoms with Gasteiger partial charge in [0.1, 0.15) is 5.82 Å². The Morgan fingerprint density at radius 2 is 2.00 bits per heavy atom. The number of nitrogens with zero attached hydrogens (tertiary/aromatic N) is 2. The molecule has 0 saturated heterocycles. The lowest BCUT2D eigenvalue weighted by molar-refractivity contribution is 0.0985. The molecule has 0 aliphatic heterocycles. The van der Waals surface area contributed by atoms with Gasteiger partial charge in [-0.2, -0.15) is 0 Å². The Morgan fingerprint density at radius 3 is 2.45 bits per heavy atom. The summed E-state index contributed by atoms with van der Waals surface area (Å²) < 4.78 is 0. The average molecular weight is 308 g/mol. The number of nitrogens with one attached hydrogen (secondary N) is 1. The fourth-order valence-corrected chi connectivity index (χ4v) is 1.97. The zero-order valence-electron chi connectivity index (χ0n) is 13.3. The van der Waals surface area contributed by atoms with E-state index in [-0.39, 0.29) is 0 Å². The maximum Gasteiger partial charge on any atom is 0.407 e. The summed E-state index contributed by atoms with van der Waals surface area (Å²) in [5, 5.41) is 12.3. The molecule has 0 aliphatic rings. The van der Waals surface area contributed by atoms with Crippen LogP contribution in [0.25, 0.3) is 0 Å². The molecule has 22 heavy (non-hydrogen) atoms. The van der Waals surface area contributed by atoms with Gasteiger partial charge in [0.15, 0.2) is 0 Å². The molecule has 2 amide bonds. The molecular formula is C15H24N4O3. The summed E-state index contributed by atoms with van der Waals surface area (Å²) in [4.78, 5) is 27.6. The van der Waals surface area contributed by atoms with Crippen molar-refractivity contribution in [2.24, 2.45) is 5.73 Å². The highest BCUT2D eigenvalue weighted by molar-refractivity contribution is 5.92. The smallest absolute Gasteiger partial charge is 0.407 e. The van der Waals surface area contributed by atoms with Crippen LogP contribution >= 0.6 is 0 Å². The van der Waals surface area contributed by atoms with Crippen LogP contribution in [-0.4, -0.2) is 45.6 Å². The van der Waals surface area contributed by atoms with Gasteiger partial charge in [-0.1, -0.05) is 0 Å². The summed E-state index contributed by atoms with van der Waals surface area (Å²) in [6, 6.07) is 3.31. The monoisotopic (exact) mass is 308 g/mol. The molecule has 0 aliphatic carbocycles. The van der Waals surface area contributed by atoms with Crippen LogP contribution in [-0.2, 0) is 0 Å². The van der Waals surface area contributed by atoms with Crippen molar-refractivity contribution in [3.8, 4) is 0 Å². The Labute approximate surface area is 130 Å². The highest BCUT2D eigenvalue weighted by Gasteiger charge is 2.25. The van der Waals surface area contributed by atoms with Crippen LogP contribution in [0.1, 0.15) is 44.0 Å². The lowest BCUT2D eigenvalue weighted by Gasteiger charge is -2.33. The lowest BCUT2D eigenvalue weighted by Crippen LogP contribution is -2.45. The molecule has 1 aromatic heterocycles. The number of carbonyl (C=O) groups excluding carboxylic acids is 1. The van der Waals surface area contributed by atoms with Crippen molar-refractivity contribution < 1.29 is 14.7 Å². The van der Waals surface area contributed by atoms with E-state index in [9.17, 15) is 14.7 Å². The van der Waals surface area contributed by atoms with E-state index in [1.165, 1.54) is 11.1 Å². The Morgan fingerprint density at radius 1 is 1.32 bits per heavy atom. The maximum absolute atomic E-state index is 11.2. The molecular weight excluding hydrogens is 284 g/mol. The van der Waals surface area contributed by atoms with Gasteiger partial charge >= 0.3 is 6.09 Å². The average Bonchev–Trinajstić information content (AvgIpc) is 2.41. The van der Waals surface area contributed by atoms with Gasteiger partial charge in [0.25, 0.3) is 0 Å². The van der Waals surface area contributed by atoms with Crippen LogP contribution in [0.4, 0.5) is 10.6 Å². The van der Waals surface area contributed by atoms with E-state index in [2.05, 4.69) is 10.3 Å². The molecule has 0 fully saturated rings. The molecule has 1 heterocycles. The Hall–Kier alpha value is -2.31. The van der Waals surface area contributed by atoms with Gasteiger partial charge in [0.2, 0.25) is 5.91 Å². The first kappa shape index (κ1) is 17.7. The summed E-state index contributed by atoms with van der Waals surface area (Å²) in [5.74, 6) is 0.158. The molecule has 1 aromatic rings. The van der Waals surface area contributed by atoms with Crippen LogP contribution in [0.3, 0.4) is 0 Å². The van der Waals surface area contributed by atoms with Gasteiger partial charge in [0, 0.05) is 24.8 Å². The topological polar surface area (TPSA) is 109 Å². The van der Waals surface area contributed by atoms with E-state index in [1.54, 1.807) is 12.1 Å². The van der Waals surface area contributed by atoms with Gasteiger partial charge in [0.05, 0.1) is 5.56 Å². The lowest BCUT2D eigenvalue weighted by atomic mass is 10.1. The normalized spacial score (nSPS) is 11.0. The van der Waals surface area contributed by atoms with Crippen molar-refractivity contribution in [1.82, 2.24) is 9.88 Å². The molecule has 0 bridgehead atoms. The predicted octanol–water partition coefficient (Wildman–Crippen LogP) is 2.15. The number of nitrogens with two attached hydrogens (primary N) is 1. The van der Waals surface area contributed by atoms with Gasteiger partial charge < -0.3 is 21.1 Å². The highest BCUT2D eigenvalue weighted by Crippen LogP contribution is 2.14. The van der Waals surface area contributed by atoms with Crippen molar-refractivity contribution in [2.75, 3.05) is 18.4 Å². The van der Waals surface area contributed by atoms with E-state index in [0.717, 1.165) is 12.8 Å². The van der Waals surface area contributed by atoms with Gasteiger partial charge in [-0.3, -0.25) is 4.79 Å². The van der Waals surface area contributed by atoms with Gasteiger partial charge in [-0.05, 0) is 45.7 Å². The minimum absolute atomic E-state index is 0.368. The van der Waals surface area contributed by atoms with Crippen LogP contribution in [0.15, 0.2) is 18.3 Å². The molecule has 1 rings (SSSR count). The summed E-state index contributed by atoms with van der Waals surface area (Å²) in [6.07, 6.45) is 2.11. The molecule has 7 nitrogen and oxygen atoms in total. The SMILES string of the molecule is CC(C)(C)N(CCCCNc1ccc(C(N)=O)cn1)C(=O)O. The first-order valence-electron chi connectivity index (χ1n) is 7.22. The quantitative estimate of drug-likeness (QED) is 0.669. The summed E-state index contributed by atoms with van der Waals surface area (Å²) in [6.45, 7) is 6.81. The fourth-order valence-electron chi connectivity index (χ4n) is 1.97. The number of amides is 2. The van der Waals surface area contributed by atoms with E-state index in [1.807, 2.05) is 20.8 Å². The summed E-state index contributed by atoms with van der Waals surface area (Å²) >= 11 is 0. The molecule has 0 saturated carbocycles. The van der Waals surface area contributed by atoms with Crippen LogP contribution in [0.5, 0.6) is 0 Å². The third-order valence-corrected chi connectivity index (χ3v) is 3.20. The summed E-state index contributed by atoms with van der Waals surface area (Å²) in [5.41, 5.74) is 5.11. The second kappa shape index (κ2) is 7.63. The number of primary amides is 1. The second-order valence-corrected chi connectivity index (χ2v) is 6.04. The van der Waals surface area contributed by atoms with Gasteiger partial charge in [-0.15, -0.1) is 0 Å². The molecule has 0 radical (unpaired) electrons. The second-order valence-electron chi connectivity index (χ2n) is 6.04. The third-order valence-electron chi connectivity index (χ3n) is 3.20. The number of hydrogen-bond acceptors (Lipinski definition) is 4. The van der Waals surface area contributed by atoms with Crippen molar-refractivity contribution in [3.05, 3.63) is 23.9 Å². The number of carboxylic acid groups (broad SMARTS) is 1. The number of anilines is 1. The summed E-state index contributed by atoms with van der Waals surface area (Å²) in [7, 11) is 0. The van der Waals surface area contributed by atoms with E-state index in [0.29, 0.717) is 24.5 Å². The predicted molar refractivity (Wildman–Crippen MR) is 85.0 cm³/mol. The molecule has 4 N–H and O–H groups in total. The highest BCUT2D eigenvalue weighted by atomic mass is 16.4. The zero-order chi connectivity index (χ0) is 16.8. The standard InChI is InChI=1S/C15H24N4O3/c1-15(2,3)19(14(21)22)9-5-4-8-17-12-7-6-11(10-18-12)13(16)20/h6-7,10H,4-5,8-9H2,1-3H3,(H2,16,20)(H,17,18)(H,21,22). The Bertz CT molecular complexity index is 509. The molecule has 122 valence electrons. The largest absolute Gasteiger partial charge is 0.465 e. The van der Waals surface area contributed by atoms with Crippen molar-refractivity contribution in [2.45, 2.75) is 39.2 Å². The van der Waals surface area contributed by atoms with E-state index in [4.69, 9.17) is 5.73 Å². The van der Waals surface area contributed by atoms with Crippen LogP contribution < -0.4 is 11.1 Å². The number of rotatable bonds is 7. The van der Waals surface area contributed by atoms with E-state index < -0.39 is 17.5 Å². The first-order valence-corrected chi connectivity index (χ1v) is 7.22. The van der Waals surface area contributed by atoms with Gasteiger partial charge in [-0.25, -0.2) is 9.78 Å². The zero-order valence-corrected chi connectivity index (χ0v) is 13.3. The third kappa shape index (κ3) is 5.59. The number of unbranched alkanes of at least 4 members (excludes halogenated alkanes) is 1. The maximum atomic E-state index is 11.2. The number of aromatic nitrogens is 1. The van der Waals surface area contributed by atoms with Crippen LogP contribution in [0, 0.1) is 0 Å². The van der Waals surface area contributed by atoms with E-state index >= 15 is 0 Å². The Balaban J connectivity index is 2.33. The van der Waals surface area contributed by atoms with Crippen molar-refractivity contribution in [3.63, 3.8) is 0 Å². The number of hydrogen-bond donors (Lipinski definition) is 3. The van der Waals surface area contributed by atoms with Crippen LogP contribution in [0.2, 0.25) is 0 Å². The minimum atomic E-state index is -0.899. The molecule has 0 atom stereocenters. The van der Waals surface area contributed by atoms with Crippen molar-refractivity contribution in [1.29, 1.82) is 0 Å². The number of carbonyl (C=O) groups is 2.